The van der Waals surface area contributed by atoms with Crippen molar-refractivity contribution in [3.05, 3.63) is 89.9 Å². The molecule has 2 aromatic carbocycles. The minimum atomic E-state index is -0.239. The molecular formula is C34H45FN8O. The molecule has 1 aromatic heterocycles. The molecule has 1 aliphatic heterocycles. The quantitative estimate of drug-likeness (QED) is 0.0809. The zero-order valence-electron chi connectivity index (χ0n) is 25.8. The first-order valence-corrected chi connectivity index (χ1v) is 15.6. The second-order valence-corrected chi connectivity index (χ2v) is 11.1. The molecule has 1 fully saturated rings. The van der Waals surface area contributed by atoms with Crippen LogP contribution in [0.15, 0.2) is 77.9 Å². The van der Waals surface area contributed by atoms with Crippen molar-refractivity contribution in [2.75, 3.05) is 64.4 Å². The van der Waals surface area contributed by atoms with Gasteiger partial charge in [0.15, 0.2) is 6.19 Å². The number of hydrogen-bond acceptors (Lipinski definition) is 7. The van der Waals surface area contributed by atoms with E-state index >= 15 is 0 Å². The maximum absolute atomic E-state index is 13.4. The molecule has 9 nitrogen and oxygen atoms in total. The second-order valence-electron chi connectivity index (χ2n) is 11.1. The first kappa shape index (κ1) is 32.7. The SMILES string of the molecule is CN(CCN/C(=N/CCCOc1cccc(CN2CCCCC2)c1)NC#N)CCN(Cc1ccc(F)cc1)c1ccccn1. The highest BCUT2D eigenvalue weighted by molar-refractivity contribution is 5.81. The summed E-state index contributed by atoms with van der Waals surface area (Å²) >= 11 is 0. The number of nitriles is 1. The average molecular weight is 601 g/mol. The predicted octanol–water partition coefficient (Wildman–Crippen LogP) is 4.63. The van der Waals surface area contributed by atoms with E-state index in [1.54, 1.807) is 6.20 Å². The van der Waals surface area contributed by atoms with E-state index < -0.39 is 0 Å². The number of likely N-dealkylation sites (tertiary alicyclic amines) is 1. The summed E-state index contributed by atoms with van der Waals surface area (Å²) in [7, 11) is 2.06. The molecule has 0 radical (unpaired) electrons. The Bertz CT molecular complexity index is 1310. The molecule has 1 saturated heterocycles. The van der Waals surface area contributed by atoms with Crippen LogP contribution in [0.3, 0.4) is 0 Å². The zero-order chi connectivity index (χ0) is 30.8. The summed E-state index contributed by atoms with van der Waals surface area (Å²) in [6.45, 7) is 8.02. The fourth-order valence-electron chi connectivity index (χ4n) is 5.14. The molecule has 2 heterocycles. The molecule has 3 aromatic rings. The van der Waals surface area contributed by atoms with E-state index in [0.29, 0.717) is 32.2 Å². The van der Waals surface area contributed by atoms with Crippen LogP contribution in [0.5, 0.6) is 5.75 Å². The third-order valence-corrected chi connectivity index (χ3v) is 7.57. The van der Waals surface area contributed by atoms with E-state index in [2.05, 4.69) is 60.6 Å². The molecule has 0 spiro atoms. The maximum Gasteiger partial charge on any atom is 0.204 e. The number of nitrogens with one attached hydrogen (secondary N) is 2. The van der Waals surface area contributed by atoms with Gasteiger partial charge < -0.3 is 19.9 Å². The van der Waals surface area contributed by atoms with E-state index in [1.807, 2.05) is 42.6 Å². The minimum absolute atomic E-state index is 0.239. The smallest absolute Gasteiger partial charge is 0.204 e. The summed E-state index contributed by atoms with van der Waals surface area (Å²) in [5.41, 5.74) is 2.31. The van der Waals surface area contributed by atoms with Gasteiger partial charge in [-0.2, -0.15) is 5.26 Å². The number of aromatic nitrogens is 1. The maximum atomic E-state index is 13.4. The topological polar surface area (TPSA) is 92.0 Å². The lowest BCUT2D eigenvalue weighted by Gasteiger charge is -2.27. The van der Waals surface area contributed by atoms with Gasteiger partial charge in [0.25, 0.3) is 0 Å². The molecule has 10 heteroatoms. The van der Waals surface area contributed by atoms with E-state index in [0.717, 1.165) is 49.7 Å². The highest BCUT2D eigenvalue weighted by atomic mass is 19.1. The molecular weight excluding hydrogens is 555 g/mol. The lowest BCUT2D eigenvalue weighted by atomic mass is 10.1. The van der Waals surface area contributed by atoms with Crippen molar-refractivity contribution in [1.82, 2.24) is 25.4 Å². The molecule has 0 unspecified atom stereocenters. The number of hydrogen-bond donors (Lipinski definition) is 2. The minimum Gasteiger partial charge on any atom is -0.494 e. The summed E-state index contributed by atoms with van der Waals surface area (Å²) < 4.78 is 19.4. The Morgan fingerprint density at radius 1 is 1.02 bits per heavy atom. The van der Waals surface area contributed by atoms with Crippen LogP contribution in [0.2, 0.25) is 0 Å². The summed E-state index contributed by atoms with van der Waals surface area (Å²) in [5.74, 6) is 2.00. The van der Waals surface area contributed by atoms with Gasteiger partial charge in [-0.15, -0.1) is 0 Å². The number of halogens is 1. The standard InChI is InChI=1S/C34H45FN8O/c1-41(22-23-43(33-11-3-4-16-37-33)27-29-12-14-31(35)15-13-29)21-18-39-34(40-28-36)38-17-8-24-44-32-10-7-9-30(25-32)26-42-19-5-2-6-20-42/h3-4,7,9-16,25H,2,5-6,8,17-24,26-27H2,1H3,(H2,38,39,40). The third kappa shape index (κ3) is 11.8. The van der Waals surface area contributed by atoms with E-state index in [4.69, 9.17) is 4.74 Å². The summed E-state index contributed by atoms with van der Waals surface area (Å²) in [6.07, 6.45) is 8.41. The Kier molecular flexibility index (Phi) is 13.7. The number of pyridine rings is 1. The molecule has 0 bridgehead atoms. The Morgan fingerprint density at radius 3 is 2.64 bits per heavy atom. The number of aliphatic imine (C=N–C) groups is 1. The number of guanidine groups is 1. The van der Waals surface area contributed by atoms with Crippen molar-refractivity contribution >= 4 is 11.8 Å². The van der Waals surface area contributed by atoms with Gasteiger partial charge in [0, 0.05) is 58.4 Å². The Morgan fingerprint density at radius 2 is 1.86 bits per heavy atom. The molecule has 0 amide bonds. The molecule has 44 heavy (non-hydrogen) atoms. The van der Waals surface area contributed by atoms with Gasteiger partial charge in [-0.05, 0) is 80.5 Å². The summed E-state index contributed by atoms with van der Waals surface area (Å²) in [4.78, 5) is 16.0. The molecule has 1 aliphatic rings. The number of rotatable bonds is 16. The molecule has 0 saturated carbocycles. The number of piperidine rings is 1. The number of ether oxygens (including phenoxy) is 1. The number of nitrogens with zero attached hydrogens (tertiary/aromatic N) is 6. The monoisotopic (exact) mass is 600 g/mol. The Labute approximate surface area is 261 Å². The molecule has 0 atom stereocenters. The van der Waals surface area contributed by atoms with E-state index in [1.165, 1.54) is 50.0 Å². The van der Waals surface area contributed by atoms with Gasteiger partial charge in [0.2, 0.25) is 5.96 Å². The summed E-state index contributed by atoms with van der Waals surface area (Å²) in [6, 6.07) is 20.8. The van der Waals surface area contributed by atoms with E-state index in [-0.39, 0.29) is 5.82 Å². The van der Waals surface area contributed by atoms with Crippen molar-refractivity contribution in [3.8, 4) is 11.9 Å². The molecule has 4 rings (SSSR count). The van der Waals surface area contributed by atoms with Crippen LogP contribution >= 0.6 is 0 Å². The zero-order valence-corrected chi connectivity index (χ0v) is 25.8. The van der Waals surface area contributed by atoms with Gasteiger partial charge in [-0.25, -0.2) is 9.37 Å². The first-order valence-electron chi connectivity index (χ1n) is 15.6. The van der Waals surface area contributed by atoms with Crippen LogP contribution in [0, 0.1) is 17.3 Å². The van der Waals surface area contributed by atoms with Gasteiger partial charge in [-0.3, -0.25) is 15.2 Å². The van der Waals surface area contributed by atoms with Crippen LogP contribution in [0.4, 0.5) is 10.2 Å². The van der Waals surface area contributed by atoms with Crippen LogP contribution in [0.25, 0.3) is 0 Å². The lowest BCUT2D eigenvalue weighted by molar-refractivity contribution is 0.220. The van der Waals surface area contributed by atoms with Gasteiger partial charge in [-0.1, -0.05) is 36.8 Å². The fourth-order valence-corrected chi connectivity index (χ4v) is 5.14. The fraction of sp³-hybridized carbons (Fsp3) is 0.441. The highest BCUT2D eigenvalue weighted by Gasteiger charge is 2.12. The lowest BCUT2D eigenvalue weighted by Crippen LogP contribution is -2.41. The molecule has 2 N–H and O–H groups in total. The normalized spacial score (nSPS) is 13.8. The molecule has 0 aliphatic carbocycles. The predicted molar refractivity (Wildman–Crippen MR) is 174 cm³/mol. The highest BCUT2D eigenvalue weighted by Crippen LogP contribution is 2.18. The van der Waals surface area contributed by atoms with Crippen molar-refractivity contribution in [1.29, 1.82) is 5.26 Å². The van der Waals surface area contributed by atoms with Crippen LogP contribution in [-0.2, 0) is 13.1 Å². The van der Waals surface area contributed by atoms with Crippen molar-refractivity contribution < 1.29 is 9.13 Å². The van der Waals surface area contributed by atoms with Crippen molar-refractivity contribution in [3.63, 3.8) is 0 Å². The van der Waals surface area contributed by atoms with Crippen LogP contribution in [-0.4, -0.2) is 80.2 Å². The Balaban J connectivity index is 1.16. The first-order chi connectivity index (χ1) is 21.6. The Hall–Kier alpha value is -4.20. The van der Waals surface area contributed by atoms with E-state index in [9.17, 15) is 9.65 Å². The third-order valence-electron chi connectivity index (χ3n) is 7.57. The summed E-state index contributed by atoms with van der Waals surface area (Å²) in [5, 5.41) is 15.1. The second kappa shape index (κ2) is 18.5. The largest absolute Gasteiger partial charge is 0.494 e. The van der Waals surface area contributed by atoms with Gasteiger partial charge in [0.1, 0.15) is 17.4 Å². The number of likely N-dealkylation sites (N-methyl/N-ethyl adjacent to an activating group) is 1. The van der Waals surface area contributed by atoms with Crippen LogP contribution < -0.4 is 20.3 Å². The number of benzene rings is 2. The van der Waals surface area contributed by atoms with Crippen LogP contribution in [0.1, 0.15) is 36.8 Å². The number of anilines is 1. The van der Waals surface area contributed by atoms with Crippen molar-refractivity contribution in [2.45, 2.75) is 38.8 Å². The van der Waals surface area contributed by atoms with Gasteiger partial charge in [0.05, 0.1) is 6.61 Å². The van der Waals surface area contributed by atoms with Gasteiger partial charge >= 0.3 is 0 Å². The molecule has 234 valence electrons. The average Bonchev–Trinajstić information content (AvgIpc) is 3.05. The van der Waals surface area contributed by atoms with Crippen molar-refractivity contribution in [2.24, 2.45) is 4.99 Å².